The summed E-state index contributed by atoms with van der Waals surface area (Å²) in [4.78, 5) is 36.9. The molecule has 0 aliphatic rings. The number of hydrogen-bond donors (Lipinski definition) is 1. The second-order valence-electron chi connectivity index (χ2n) is 15.2. The van der Waals surface area contributed by atoms with Gasteiger partial charge in [-0.15, -0.1) is 0 Å². The average Bonchev–Trinajstić information content (AvgIpc) is 3.18. The third-order valence-corrected chi connectivity index (χ3v) is 8.93. The van der Waals surface area contributed by atoms with Crippen molar-refractivity contribution in [1.29, 1.82) is 0 Å². The second kappa shape index (κ2) is 39.8. The third kappa shape index (κ3) is 37.6. The molecule has 0 amide bonds. The zero-order chi connectivity index (χ0) is 42.8. The second-order valence-corrected chi connectivity index (χ2v) is 15.2. The summed E-state index contributed by atoms with van der Waals surface area (Å²) in [5, 5.41) is 9.61. The van der Waals surface area contributed by atoms with Crippen molar-refractivity contribution in [1.82, 2.24) is 0 Å². The first kappa shape index (κ1) is 54.0. The normalized spacial score (nSPS) is 14.0. The van der Waals surface area contributed by atoms with Crippen molar-refractivity contribution >= 4 is 17.9 Å². The molecular weight excluding hydrogens is 727 g/mol. The molecule has 2 unspecified atom stereocenters. The fourth-order valence-electron chi connectivity index (χ4n) is 5.53. The summed E-state index contributed by atoms with van der Waals surface area (Å²) in [7, 11) is 5.48. The standard InChI is InChI=1S/C50H79NO7/c1-6-8-10-12-14-16-18-19-20-21-22-23-24-25-26-27-28-29-31-32-34-36-38-40-48(52)57-45-46(44-56-43-42-47(50(54)55)51(3,4)5)58-49(53)41-39-37-35-33-30-17-15-13-11-9-7-2/h8,10,13-17,19-20,22-23,25-26,28-30,32,34,46-47H,6-7,9,11-12,18,21,24,27,31,33,35-45H2,1-5H3/p+1/b10-8+,15-13+,16-14+,20-19+,23-22+,26-25+,29-28+,30-17+,34-32+. The predicted octanol–water partition coefficient (Wildman–Crippen LogP) is 12.1. The highest BCUT2D eigenvalue weighted by Gasteiger charge is 2.31. The highest BCUT2D eigenvalue weighted by atomic mass is 16.6. The summed E-state index contributed by atoms with van der Waals surface area (Å²) < 4.78 is 17.1. The molecule has 58 heavy (non-hydrogen) atoms. The quantitative estimate of drug-likeness (QED) is 0.0219. The molecule has 326 valence electrons. The van der Waals surface area contributed by atoms with Gasteiger partial charge in [0.1, 0.15) is 6.61 Å². The first-order chi connectivity index (χ1) is 28.1. The number of carbonyl (C=O) groups is 3. The first-order valence-electron chi connectivity index (χ1n) is 21.9. The maximum atomic E-state index is 12.7. The molecule has 0 saturated heterocycles. The zero-order valence-corrected chi connectivity index (χ0v) is 36.9. The van der Waals surface area contributed by atoms with E-state index in [0.717, 1.165) is 77.0 Å². The van der Waals surface area contributed by atoms with Gasteiger partial charge < -0.3 is 23.8 Å². The minimum Gasteiger partial charge on any atom is -0.477 e. The van der Waals surface area contributed by atoms with Gasteiger partial charge in [-0.25, -0.2) is 4.79 Å². The summed E-state index contributed by atoms with van der Waals surface area (Å²) in [5.41, 5.74) is 0. The molecule has 1 N–H and O–H groups in total. The topological polar surface area (TPSA) is 99.1 Å². The van der Waals surface area contributed by atoms with Gasteiger partial charge in [0, 0.05) is 19.3 Å². The number of quaternary nitrogens is 1. The summed E-state index contributed by atoms with van der Waals surface area (Å²) >= 11 is 0. The van der Waals surface area contributed by atoms with Crippen LogP contribution in [0.3, 0.4) is 0 Å². The van der Waals surface area contributed by atoms with Crippen LogP contribution in [0.15, 0.2) is 109 Å². The van der Waals surface area contributed by atoms with Gasteiger partial charge >= 0.3 is 17.9 Å². The lowest BCUT2D eigenvalue weighted by atomic mass is 10.1. The third-order valence-electron chi connectivity index (χ3n) is 8.93. The molecule has 0 fully saturated rings. The lowest BCUT2D eigenvalue weighted by Crippen LogP contribution is -2.50. The molecule has 8 nitrogen and oxygen atoms in total. The Morgan fingerprint density at radius 3 is 1.53 bits per heavy atom. The number of unbranched alkanes of at least 4 members (excludes halogenated alkanes) is 6. The maximum absolute atomic E-state index is 12.7. The Morgan fingerprint density at radius 2 is 1.03 bits per heavy atom. The highest BCUT2D eigenvalue weighted by Crippen LogP contribution is 2.11. The van der Waals surface area contributed by atoms with Crippen molar-refractivity contribution in [2.45, 2.75) is 148 Å². The Hall–Kier alpha value is -4.01. The van der Waals surface area contributed by atoms with Crippen molar-refractivity contribution in [3.8, 4) is 0 Å². The van der Waals surface area contributed by atoms with Gasteiger partial charge in [0.25, 0.3) is 0 Å². The average molecular weight is 807 g/mol. The Morgan fingerprint density at radius 1 is 0.552 bits per heavy atom. The lowest BCUT2D eigenvalue weighted by molar-refractivity contribution is -0.887. The van der Waals surface area contributed by atoms with Gasteiger partial charge in [0.15, 0.2) is 12.1 Å². The molecular formula is C50H80NO7+. The van der Waals surface area contributed by atoms with Crippen LogP contribution in [-0.2, 0) is 28.6 Å². The Balaban J connectivity index is 4.45. The van der Waals surface area contributed by atoms with Crippen molar-refractivity contribution < 1.29 is 38.2 Å². The molecule has 0 heterocycles. The van der Waals surface area contributed by atoms with E-state index in [4.69, 9.17) is 14.2 Å². The van der Waals surface area contributed by atoms with E-state index in [1.165, 1.54) is 12.8 Å². The molecule has 0 saturated carbocycles. The van der Waals surface area contributed by atoms with E-state index in [1.807, 2.05) is 21.1 Å². The van der Waals surface area contributed by atoms with Crippen LogP contribution in [0.2, 0.25) is 0 Å². The highest BCUT2D eigenvalue weighted by molar-refractivity contribution is 5.72. The SMILES string of the molecule is CC/C=C/C/C=C/C/C=C/C/C=C/C/C=C/C/C=C/C/C=C/CCCC(=O)OCC(COCCC(C(=O)O)[N+](C)(C)C)OC(=O)CCCCC/C=C/C=C/CCCC. The number of likely N-dealkylation sites (N-methyl/N-ethyl adjacent to an activating group) is 1. The number of allylic oxidation sites excluding steroid dienone is 18. The Kier molecular flexibility index (Phi) is 37.0. The number of carboxylic acid groups (broad SMARTS) is 1. The summed E-state index contributed by atoms with van der Waals surface area (Å²) in [6, 6.07) is -0.634. The van der Waals surface area contributed by atoms with Gasteiger partial charge in [0.2, 0.25) is 0 Å². The molecule has 0 aliphatic carbocycles. The monoisotopic (exact) mass is 807 g/mol. The van der Waals surface area contributed by atoms with Crippen LogP contribution >= 0.6 is 0 Å². The van der Waals surface area contributed by atoms with Crippen molar-refractivity contribution in [3.05, 3.63) is 109 Å². The number of hydrogen-bond acceptors (Lipinski definition) is 6. The van der Waals surface area contributed by atoms with Crippen LogP contribution in [0.25, 0.3) is 0 Å². The largest absolute Gasteiger partial charge is 0.477 e. The summed E-state index contributed by atoms with van der Waals surface area (Å²) in [6.07, 6.45) is 54.3. The van der Waals surface area contributed by atoms with Gasteiger partial charge in [-0.3, -0.25) is 9.59 Å². The molecule has 0 spiro atoms. The molecule has 8 heteroatoms. The summed E-state index contributed by atoms with van der Waals surface area (Å²) in [6.45, 7) is 4.44. The molecule has 0 aliphatic heterocycles. The van der Waals surface area contributed by atoms with Crippen LogP contribution in [0, 0.1) is 0 Å². The van der Waals surface area contributed by atoms with Gasteiger partial charge in [0.05, 0.1) is 34.4 Å². The molecule has 0 aromatic heterocycles. The van der Waals surface area contributed by atoms with E-state index in [1.54, 1.807) is 0 Å². The van der Waals surface area contributed by atoms with Gasteiger partial charge in [-0.2, -0.15) is 0 Å². The van der Waals surface area contributed by atoms with E-state index >= 15 is 0 Å². The fraction of sp³-hybridized carbons (Fsp3) is 0.580. The van der Waals surface area contributed by atoms with Crippen LogP contribution in [0.5, 0.6) is 0 Å². The smallest absolute Gasteiger partial charge is 0.362 e. The molecule has 0 radical (unpaired) electrons. The van der Waals surface area contributed by atoms with E-state index in [-0.39, 0.29) is 49.1 Å². The van der Waals surface area contributed by atoms with Crippen molar-refractivity contribution in [2.24, 2.45) is 0 Å². The number of carboxylic acids is 1. The van der Waals surface area contributed by atoms with Gasteiger partial charge in [-0.1, -0.05) is 142 Å². The number of nitrogens with zero attached hydrogens (tertiary/aromatic N) is 1. The van der Waals surface area contributed by atoms with Crippen LogP contribution in [0.4, 0.5) is 0 Å². The molecule has 0 aromatic carbocycles. The molecule has 0 aromatic rings. The Bertz CT molecular complexity index is 1310. The number of ether oxygens (including phenoxy) is 3. The van der Waals surface area contributed by atoms with E-state index < -0.39 is 18.1 Å². The minimum absolute atomic E-state index is 0.0242. The van der Waals surface area contributed by atoms with Crippen LogP contribution in [-0.4, -0.2) is 80.6 Å². The van der Waals surface area contributed by atoms with Crippen molar-refractivity contribution in [3.63, 3.8) is 0 Å². The Labute approximate surface area is 353 Å². The molecule has 0 bridgehead atoms. The zero-order valence-electron chi connectivity index (χ0n) is 36.9. The van der Waals surface area contributed by atoms with E-state index in [0.29, 0.717) is 19.3 Å². The van der Waals surface area contributed by atoms with Crippen LogP contribution in [0.1, 0.15) is 136 Å². The fourth-order valence-corrected chi connectivity index (χ4v) is 5.53. The first-order valence-corrected chi connectivity index (χ1v) is 21.9. The lowest BCUT2D eigenvalue weighted by Gasteiger charge is -2.31. The predicted molar refractivity (Wildman–Crippen MR) is 242 cm³/mol. The molecule has 0 rings (SSSR count). The summed E-state index contributed by atoms with van der Waals surface area (Å²) in [5.74, 6) is -1.60. The van der Waals surface area contributed by atoms with Gasteiger partial charge in [-0.05, 0) is 83.5 Å². The van der Waals surface area contributed by atoms with Crippen molar-refractivity contribution in [2.75, 3.05) is 41.0 Å². The number of rotatable bonds is 37. The van der Waals surface area contributed by atoms with E-state index in [2.05, 4.69) is 123 Å². The molecule has 2 atom stereocenters. The number of aliphatic carboxylic acids is 1. The van der Waals surface area contributed by atoms with Crippen LogP contribution < -0.4 is 0 Å². The minimum atomic E-state index is -0.893. The van der Waals surface area contributed by atoms with E-state index in [9.17, 15) is 19.5 Å². The number of esters is 2. The maximum Gasteiger partial charge on any atom is 0.362 e. The number of carbonyl (C=O) groups excluding carboxylic acids is 2.